The maximum Gasteiger partial charge on any atom is 0.127 e. The van der Waals surface area contributed by atoms with Crippen LogP contribution in [0.1, 0.15) is 82.3 Å². The van der Waals surface area contributed by atoms with E-state index in [0.717, 1.165) is 19.3 Å². The molecule has 0 saturated carbocycles. The van der Waals surface area contributed by atoms with Crippen molar-refractivity contribution in [3.63, 3.8) is 0 Å². The van der Waals surface area contributed by atoms with Gasteiger partial charge in [0.1, 0.15) is 17.1 Å². The molecule has 1 aromatic carbocycles. The number of fused-ring (bicyclic) bond motifs is 3. The van der Waals surface area contributed by atoms with Gasteiger partial charge in [0.2, 0.25) is 0 Å². The lowest BCUT2D eigenvalue weighted by atomic mass is 9.68. The van der Waals surface area contributed by atoms with Gasteiger partial charge in [-0.15, -0.1) is 0 Å². The molecule has 0 saturated heterocycles. The van der Waals surface area contributed by atoms with Crippen LogP contribution in [0.2, 0.25) is 0 Å². The third-order valence-electron chi connectivity index (χ3n) is 5.12. The second-order valence-electron chi connectivity index (χ2n) is 7.35. The van der Waals surface area contributed by atoms with E-state index in [1.54, 1.807) is 6.92 Å². The van der Waals surface area contributed by atoms with Crippen LogP contribution in [-0.2, 0) is 6.42 Å². The van der Waals surface area contributed by atoms with Crippen LogP contribution in [0.5, 0.6) is 11.5 Å². The van der Waals surface area contributed by atoms with Gasteiger partial charge in [0, 0.05) is 20.1 Å². The zero-order valence-corrected chi connectivity index (χ0v) is 14.6. The van der Waals surface area contributed by atoms with Crippen molar-refractivity contribution in [2.45, 2.75) is 77.7 Å². The summed E-state index contributed by atoms with van der Waals surface area (Å²) in [5.41, 5.74) is 1.01. The number of hydrogen-bond acceptors (Lipinski definition) is 2. The summed E-state index contributed by atoms with van der Waals surface area (Å²) < 4.78 is 39.9. The first-order valence-corrected chi connectivity index (χ1v) is 8.74. The summed E-state index contributed by atoms with van der Waals surface area (Å²) in [6, 6.07) is 0.228. The van der Waals surface area contributed by atoms with Crippen LogP contribution in [0.15, 0.2) is 23.7 Å². The minimum absolute atomic E-state index is 0.0246. The zero-order valence-electron chi connectivity index (χ0n) is 18.6. The molecule has 2 atom stereocenters. The number of phenolic OH excluding ortho intramolecular Hbond substituents is 1. The normalized spacial score (nSPS) is 29.8. The third kappa shape index (κ3) is 3.13. The fourth-order valence-corrected chi connectivity index (χ4v) is 3.76. The Morgan fingerprint density at radius 2 is 2.17 bits per heavy atom. The summed E-state index contributed by atoms with van der Waals surface area (Å²) in [5.74, 6) is -0.151. The highest BCUT2D eigenvalue weighted by Crippen LogP contribution is 2.53. The molecule has 1 aliphatic heterocycles. The van der Waals surface area contributed by atoms with Gasteiger partial charge < -0.3 is 9.84 Å². The summed E-state index contributed by atoms with van der Waals surface area (Å²) in [7, 11) is 0. The van der Waals surface area contributed by atoms with E-state index in [2.05, 4.69) is 6.92 Å². The smallest absolute Gasteiger partial charge is 0.127 e. The predicted octanol–water partition coefficient (Wildman–Crippen LogP) is 5.74. The van der Waals surface area contributed by atoms with Crippen molar-refractivity contribution in [2.24, 2.45) is 5.92 Å². The molecular formula is C21H30O2. The molecule has 0 spiro atoms. The summed E-state index contributed by atoms with van der Waals surface area (Å²) in [5, 5.41) is 10.9. The van der Waals surface area contributed by atoms with Crippen molar-refractivity contribution in [3.8, 4) is 11.5 Å². The molecule has 23 heavy (non-hydrogen) atoms. The highest BCUT2D eigenvalue weighted by Gasteiger charge is 2.45. The molecule has 0 aromatic heterocycles. The largest absolute Gasteiger partial charge is 0.507 e. The van der Waals surface area contributed by atoms with Gasteiger partial charge >= 0.3 is 0 Å². The van der Waals surface area contributed by atoms with Gasteiger partial charge in [0.15, 0.2) is 0 Å². The van der Waals surface area contributed by atoms with Gasteiger partial charge in [0.05, 0.1) is 2.74 Å². The standard InChI is InChI=1S/C21H30O2/c1-5-6-7-8-15-12-18(22)20-16-11-14(2)9-10-17(16)21(3,4)23-19(20)13-15/h11-13,16-17,22H,5-10H2,1-4H3/t16-,17-/m1/s1/i9D2,12D,13D. The summed E-state index contributed by atoms with van der Waals surface area (Å²) in [6.07, 6.45) is 4.28. The van der Waals surface area contributed by atoms with Crippen LogP contribution < -0.4 is 4.74 Å². The quantitative estimate of drug-likeness (QED) is 0.567. The molecule has 3 rings (SSSR count). The fourth-order valence-electron chi connectivity index (χ4n) is 3.76. The topological polar surface area (TPSA) is 29.5 Å². The average molecular weight is 318 g/mol. The van der Waals surface area contributed by atoms with E-state index in [-0.39, 0.29) is 29.7 Å². The molecule has 0 fully saturated rings. The molecule has 1 N–H and O–H groups in total. The Balaban J connectivity index is 2.17. The third-order valence-corrected chi connectivity index (χ3v) is 5.12. The fraction of sp³-hybridized carbons (Fsp3) is 0.619. The van der Waals surface area contributed by atoms with Crippen LogP contribution in [0, 0.1) is 5.92 Å². The lowest BCUT2D eigenvalue weighted by Gasteiger charge is -2.46. The van der Waals surface area contributed by atoms with E-state index in [9.17, 15) is 5.11 Å². The van der Waals surface area contributed by atoms with Gasteiger partial charge in [-0.1, -0.05) is 31.4 Å². The molecule has 2 heteroatoms. The molecule has 0 bridgehead atoms. The van der Waals surface area contributed by atoms with E-state index >= 15 is 0 Å². The Hall–Kier alpha value is -1.44. The Morgan fingerprint density at radius 1 is 1.39 bits per heavy atom. The first-order chi connectivity index (χ1) is 12.5. The van der Waals surface area contributed by atoms with Crippen LogP contribution >= 0.6 is 0 Å². The number of phenols is 1. The molecule has 2 nitrogen and oxygen atoms in total. The van der Waals surface area contributed by atoms with E-state index in [4.69, 9.17) is 10.2 Å². The van der Waals surface area contributed by atoms with Crippen molar-refractivity contribution < 1.29 is 15.3 Å². The number of rotatable bonds is 4. The van der Waals surface area contributed by atoms with Crippen molar-refractivity contribution in [2.75, 3.05) is 0 Å². The molecule has 1 aliphatic carbocycles. The number of aromatic hydroxyl groups is 1. The van der Waals surface area contributed by atoms with Crippen molar-refractivity contribution in [3.05, 3.63) is 34.9 Å². The molecule has 2 aliphatic rings. The van der Waals surface area contributed by atoms with Gasteiger partial charge in [-0.05, 0) is 64.1 Å². The van der Waals surface area contributed by atoms with Crippen LogP contribution in [-0.4, -0.2) is 10.7 Å². The average Bonchev–Trinajstić information content (AvgIpc) is 2.57. The molecular weight excluding hydrogens is 284 g/mol. The maximum absolute atomic E-state index is 10.9. The van der Waals surface area contributed by atoms with Crippen LogP contribution in [0.25, 0.3) is 0 Å². The van der Waals surface area contributed by atoms with E-state index < -0.39 is 12.0 Å². The monoisotopic (exact) mass is 318 g/mol. The zero-order chi connectivity index (χ0) is 20.1. The number of hydrogen-bond donors (Lipinski definition) is 1. The first kappa shape index (κ1) is 12.0. The Labute approximate surface area is 146 Å². The number of allylic oxidation sites excluding steroid dienone is 2. The summed E-state index contributed by atoms with van der Waals surface area (Å²) in [4.78, 5) is 0. The molecule has 0 unspecified atom stereocenters. The molecule has 0 amide bonds. The van der Waals surface area contributed by atoms with Gasteiger partial charge in [-0.25, -0.2) is 0 Å². The minimum atomic E-state index is -1.41. The Morgan fingerprint density at radius 3 is 2.91 bits per heavy atom. The number of benzene rings is 1. The van der Waals surface area contributed by atoms with E-state index in [1.807, 2.05) is 19.9 Å². The predicted molar refractivity (Wildman–Crippen MR) is 95.3 cm³/mol. The highest BCUT2D eigenvalue weighted by atomic mass is 16.5. The van der Waals surface area contributed by atoms with Crippen molar-refractivity contribution in [1.29, 1.82) is 0 Å². The number of ether oxygens (including phenoxy) is 1. The lowest BCUT2D eigenvalue weighted by molar-refractivity contribution is 0.0107. The minimum Gasteiger partial charge on any atom is -0.507 e. The molecule has 1 aromatic rings. The van der Waals surface area contributed by atoms with Gasteiger partial charge in [-0.2, -0.15) is 0 Å². The second-order valence-corrected chi connectivity index (χ2v) is 7.35. The molecule has 0 radical (unpaired) electrons. The Bertz CT molecular complexity index is 783. The number of unbranched alkanes of at least 4 members (excludes halogenated alkanes) is 2. The van der Waals surface area contributed by atoms with Crippen molar-refractivity contribution in [1.82, 2.24) is 0 Å². The van der Waals surface area contributed by atoms with E-state index in [1.165, 1.54) is 0 Å². The van der Waals surface area contributed by atoms with E-state index in [0.29, 0.717) is 35.3 Å². The van der Waals surface area contributed by atoms with Crippen molar-refractivity contribution >= 4 is 0 Å². The van der Waals surface area contributed by atoms with Gasteiger partial charge in [-0.3, -0.25) is 0 Å². The second kappa shape index (κ2) is 6.22. The SMILES string of the molecule is [2H]c1c(O)c2c(c([2H])c1CCCCC)OC(C)(C)[C@@H]1CC([2H])([2H])C(C)=C[C@@H]21. The highest BCUT2D eigenvalue weighted by molar-refractivity contribution is 5.53. The summed E-state index contributed by atoms with van der Waals surface area (Å²) >= 11 is 0. The first-order valence-electron chi connectivity index (χ1n) is 10.7. The summed E-state index contributed by atoms with van der Waals surface area (Å²) in [6.45, 7) is 7.74. The van der Waals surface area contributed by atoms with Crippen LogP contribution in [0.4, 0.5) is 0 Å². The van der Waals surface area contributed by atoms with Gasteiger partial charge in [0.25, 0.3) is 0 Å². The maximum atomic E-state index is 10.9. The Kier molecular flexibility index (Phi) is 3.25. The molecule has 126 valence electrons. The lowest BCUT2D eigenvalue weighted by Crippen LogP contribution is -2.45. The van der Waals surface area contributed by atoms with Crippen LogP contribution in [0.3, 0.4) is 0 Å². The molecule has 1 heterocycles.